The Morgan fingerprint density at radius 2 is 1.00 bits per heavy atom. The first-order valence-electron chi connectivity index (χ1n) is 13.7. The van der Waals surface area contributed by atoms with Crippen LogP contribution in [0.3, 0.4) is 0 Å². The van der Waals surface area contributed by atoms with E-state index < -0.39 is 11.6 Å². The van der Waals surface area contributed by atoms with E-state index in [1.165, 1.54) is 119 Å². The number of hydrogen-bond acceptors (Lipinski definition) is 2. The molecule has 9 heteroatoms. The summed E-state index contributed by atoms with van der Waals surface area (Å²) in [5.74, 6) is -0.846. The SMILES string of the molecule is CCCCCCCCCCCCCCCCCC[NH3+].O=C1C=Cc2ccccc2C1=O.[N-]=[N+]=[N-].[N-]=[N+]=[N-]. The first-order chi connectivity index (χ1) is 18.0. The van der Waals surface area contributed by atoms with Crippen molar-refractivity contribution in [3.63, 3.8) is 0 Å². The molecule has 0 amide bonds. The average Bonchev–Trinajstić information content (AvgIpc) is 2.90. The zero-order chi connectivity index (χ0) is 28.0. The van der Waals surface area contributed by atoms with Crippen molar-refractivity contribution in [3.05, 3.63) is 73.4 Å². The maximum absolute atomic E-state index is 11.2. The molecule has 0 radical (unpaired) electrons. The van der Waals surface area contributed by atoms with E-state index in [-0.39, 0.29) is 0 Å². The number of nitrogens with zero attached hydrogens (tertiary/aromatic N) is 6. The fourth-order valence-electron chi connectivity index (χ4n) is 3.95. The van der Waals surface area contributed by atoms with Gasteiger partial charge in [-0.2, -0.15) is 0 Å². The van der Waals surface area contributed by atoms with E-state index >= 15 is 0 Å². The van der Waals surface area contributed by atoms with Crippen LogP contribution in [0.5, 0.6) is 0 Å². The number of carbonyl (C=O) groups excluding carboxylic acids is 2. The van der Waals surface area contributed by atoms with Crippen LogP contribution in [0.4, 0.5) is 0 Å². The van der Waals surface area contributed by atoms with Gasteiger partial charge in [-0.1, -0.05) is 127 Å². The molecular formula is C28H46N7O2-. The van der Waals surface area contributed by atoms with Crippen molar-refractivity contribution in [2.75, 3.05) is 6.54 Å². The highest BCUT2D eigenvalue weighted by molar-refractivity contribution is 6.49. The first-order valence-corrected chi connectivity index (χ1v) is 13.7. The van der Waals surface area contributed by atoms with Gasteiger partial charge < -0.3 is 27.9 Å². The number of Topliss-reactive ketones (excluding diaryl/α,β-unsaturated/α-hetero) is 1. The second-order valence-electron chi connectivity index (χ2n) is 8.95. The number of ketones is 2. The number of unbranched alkanes of at least 4 members (excludes halogenated alkanes) is 15. The third-order valence-corrected chi connectivity index (χ3v) is 5.95. The van der Waals surface area contributed by atoms with E-state index in [1.807, 2.05) is 12.1 Å². The minimum atomic E-state index is -0.436. The molecule has 0 atom stereocenters. The Kier molecular flexibility index (Phi) is 28.4. The zero-order valence-electron chi connectivity index (χ0n) is 22.7. The molecule has 3 N–H and O–H groups in total. The van der Waals surface area contributed by atoms with Gasteiger partial charge in [-0.3, -0.25) is 19.4 Å². The Labute approximate surface area is 222 Å². The fourth-order valence-corrected chi connectivity index (χ4v) is 3.95. The fraction of sp³-hybridized carbons (Fsp3) is 0.643. The molecule has 0 heterocycles. The first kappa shape index (κ1) is 36.0. The highest BCUT2D eigenvalue weighted by atomic mass is 16.2. The van der Waals surface area contributed by atoms with E-state index in [4.69, 9.17) is 22.1 Å². The molecule has 1 aliphatic rings. The number of carbonyl (C=O) groups is 2. The minimum absolute atomic E-state index is 0.409. The minimum Gasteiger partial charge on any atom is -0.373 e. The van der Waals surface area contributed by atoms with E-state index in [1.54, 1.807) is 18.2 Å². The second-order valence-corrected chi connectivity index (χ2v) is 8.95. The van der Waals surface area contributed by atoms with Crippen LogP contribution in [0.2, 0.25) is 0 Å². The largest absolute Gasteiger partial charge is 0.373 e. The molecule has 0 bridgehead atoms. The highest BCUT2D eigenvalue weighted by Gasteiger charge is 2.19. The van der Waals surface area contributed by atoms with Crippen LogP contribution in [0.1, 0.15) is 126 Å². The predicted molar refractivity (Wildman–Crippen MR) is 152 cm³/mol. The molecule has 1 aromatic carbocycles. The van der Waals surface area contributed by atoms with Gasteiger partial charge in [-0.25, -0.2) is 0 Å². The van der Waals surface area contributed by atoms with Crippen molar-refractivity contribution >= 4 is 17.6 Å². The molecule has 0 saturated carbocycles. The molecular weight excluding hydrogens is 466 g/mol. The lowest BCUT2D eigenvalue weighted by atomic mass is 9.96. The molecule has 1 aliphatic carbocycles. The summed E-state index contributed by atoms with van der Waals surface area (Å²) in [5.41, 5.74) is 32.2. The van der Waals surface area contributed by atoms with Gasteiger partial charge in [0.25, 0.3) is 0 Å². The maximum Gasteiger partial charge on any atom is 0.233 e. The molecule has 0 aromatic heterocycles. The Balaban J connectivity index is 0. The molecule has 0 saturated heterocycles. The van der Waals surface area contributed by atoms with Crippen LogP contribution >= 0.6 is 0 Å². The smallest absolute Gasteiger partial charge is 0.233 e. The zero-order valence-corrected chi connectivity index (χ0v) is 22.7. The Bertz CT molecular complexity index is 785. The maximum atomic E-state index is 11.2. The lowest BCUT2D eigenvalue weighted by Gasteiger charge is -2.06. The third-order valence-electron chi connectivity index (χ3n) is 5.95. The lowest BCUT2D eigenvalue weighted by molar-refractivity contribution is -0.368. The van der Waals surface area contributed by atoms with Crippen LogP contribution < -0.4 is 5.73 Å². The molecule has 0 spiro atoms. The molecule has 0 fully saturated rings. The van der Waals surface area contributed by atoms with E-state index in [0.717, 1.165) is 12.1 Å². The Morgan fingerprint density at radius 1 is 0.622 bits per heavy atom. The van der Waals surface area contributed by atoms with Gasteiger partial charge >= 0.3 is 0 Å². The van der Waals surface area contributed by atoms with Gasteiger partial charge in [0, 0.05) is 5.56 Å². The molecule has 37 heavy (non-hydrogen) atoms. The van der Waals surface area contributed by atoms with Crippen molar-refractivity contribution in [2.24, 2.45) is 0 Å². The third kappa shape index (κ3) is 23.1. The van der Waals surface area contributed by atoms with Crippen LogP contribution in [0.15, 0.2) is 30.3 Å². The summed E-state index contributed by atoms with van der Waals surface area (Å²) >= 11 is 0. The summed E-state index contributed by atoms with van der Waals surface area (Å²) in [4.78, 5) is 25.1. The van der Waals surface area contributed by atoms with Crippen LogP contribution in [-0.2, 0) is 4.79 Å². The lowest BCUT2D eigenvalue weighted by Crippen LogP contribution is -2.50. The quantitative estimate of drug-likeness (QED) is 0.0765. The molecule has 2 rings (SSSR count). The summed E-state index contributed by atoms with van der Waals surface area (Å²) in [6.07, 6.45) is 26.2. The molecule has 9 nitrogen and oxygen atoms in total. The average molecular weight is 513 g/mol. The van der Waals surface area contributed by atoms with Crippen molar-refractivity contribution < 1.29 is 15.3 Å². The summed E-state index contributed by atoms with van der Waals surface area (Å²) < 4.78 is 0. The number of fused-ring (bicyclic) bond motifs is 1. The summed E-state index contributed by atoms with van der Waals surface area (Å²) in [6, 6.07) is 7.07. The number of hydrogen-bond donors (Lipinski definition) is 1. The molecule has 0 aliphatic heterocycles. The number of rotatable bonds is 16. The molecule has 1 aromatic rings. The normalized spacial score (nSPS) is 10.9. The van der Waals surface area contributed by atoms with Gasteiger partial charge in [0.1, 0.15) is 0 Å². The van der Waals surface area contributed by atoms with E-state index in [0.29, 0.717) is 5.56 Å². The van der Waals surface area contributed by atoms with E-state index in [9.17, 15) is 9.59 Å². The summed E-state index contributed by atoms with van der Waals surface area (Å²) in [5, 5.41) is 0. The summed E-state index contributed by atoms with van der Waals surface area (Å²) in [7, 11) is 0. The monoisotopic (exact) mass is 512 g/mol. The predicted octanol–water partition coefficient (Wildman–Crippen LogP) is 8.69. The number of benzene rings is 1. The van der Waals surface area contributed by atoms with Crippen LogP contribution in [0, 0.1) is 0 Å². The van der Waals surface area contributed by atoms with Gasteiger partial charge in [0.2, 0.25) is 11.6 Å². The van der Waals surface area contributed by atoms with Gasteiger partial charge in [0.05, 0.1) is 6.54 Å². The van der Waals surface area contributed by atoms with Crippen molar-refractivity contribution in [1.29, 1.82) is 0 Å². The van der Waals surface area contributed by atoms with E-state index in [2.05, 4.69) is 12.7 Å². The molecule has 206 valence electrons. The van der Waals surface area contributed by atoms with Gasteiger partial charge in [-0.05, 0) is 24.5 Å². The van der Waals surface area contributed by atoms with Crippen LogP contribution in [-0.4, -0.2) is 18.1 Å². The Morgan fingerprint density at radius 3 is 1.41 bits per heavy atom. The number of allylic oxidation sites excluding steroid dienone is 1. The van der Waals surface area contributed by atoms with Crippen molar-refractivity contribution in [1.82, 2.24) is 0 Å². The van der Waals surface area contributed by atoms with Crippen LogP contribution in [0.25, 0.3) is 38.0 Å². The second kappa shape index (κ2) is 29.1. The number of quaternary nitrogens is 1. The van der Waals surface area contributed by atoms with Crippen molar-refractivity contribution in [2.45, 2.75) is 110 Å². The molecule has 0 unspecified atom stereocenters. The standard InChI is InChI=1S/C18H39N.C10H6O2.2N3/c1-2-3-4-5-6-7-8-9-10-11-12-13-14-15-16-17-18-19;11-9-6-5-7-3-1-2-4-8(7)10(9)12;2*1-3-2/h2-19H2,1H3;1-6H;;/q;;2*-1/p+1. The Hall–Kier alpha value is -3.12. The topological polar surface area (TPSA) is 179 Å². The van der Waals surface area contributed by atoms with Gasteiger partial charge in [0.15, 0.2) is 0 Å². The van der Waals surface area contributed by atoms with Crippen molar-refractivity contribution in [3.8, 4) is 0 Å². The summed E-state index contributed by atoms with van der Waals surface area (Å²) in [6.45, 7) is 3.42. The highest BCUT2D eigenvalue weighted by Crippen LogP contribution is 2.16. The van der Waals surface area contributed by atoms with Gasteiger partial charge in [-0.15, -0.1) is 0 Å².